The minimum Gasteiger partial charge on any atom is -0.457 e. The van der Waals surface area contributed by atoms with Gasteiger partial charge in [0.05, 0.1) is 9.79 Å². The monoisotopic (exact) mass is 316 g/mol. The largest absolute Gasteiger partial charge is 0.457 e. The van der Waals surface area contributed by atoms with E-state index in [1.54, 1.807) is 49.4 Å². The Morgan fingerprint density at radius 2 is 1.55 bits per heavy atom. The summed E-state index contributed by atoms with van der Waals surface area (Å²) in [7, 11) is -3.52. The first-order valence-electron chi connectivity index (χ1n) is 6.63. The second-order valence-electron chi connectivity index (χ2n) is 4.82. The van der Waals surface area contributed by atoms with Gasteiger partial charge in [0.2, 0.25) is 9.84 Å². The molecule has 0 aliphatic carbocycles. The second-order valence-corrected chi connectivity index (χ2v) is 6.77. The van der Waals surface area contributed by atoms with E-state index >= 15 is 0 Å². The first kappa shape index (κ1) is 16.0. The number of carbonyl (C=O) groups excluding carboxylic acids is 1. The van der Waals surface area contributed by atoms with Crippen LogP contribution in [0, 0.1) is 0 Å². The zero-order chi connectivity index (χ0) is 16.2. The van der Waals surface area contributed by atoms with E-state index in [1.807, 2.05) is 0 Å². The first-order valence-corrected chi connectivity index (χ1v) is 8.11. The van der Waals surface area contributed by atoms with Crippen molar-refractivity contribution in [1.29, 1.82) is 0 Å². The Morgan fingerprint density at radius 3 is 2.09 bits per heavy atom. The Kier molecular flexibility index (Phi) is 4.78. The van der Waals surface area contributed by atoms with Crippen LogP contribution >= 0.6 is 0 Å². The summed E-state index contributed by atoms with van der Waals surface area (Å²) < 4.78 is 29.8. The molecular formula is C17H16O4S. The third-order valence-corrected chi connectivity index (χ3v) is 4.79. The van der Waals surface area contributed by atoms with Crippen LogP contribution in [-0.2, 0) is 26.0 Å². The Bertz CT molecular complexity index is 775. The van der Waals surface area contributed by atoms with Gasteiger partial charge in [-0.3, -0.25) is 0 Å². The van der Waals surface area contributed by atoms with E-state index in [1.165, 1.54) is 12.1 Å². The Morgan fingerprint density at radius 1 is 1.00 bits per heavy atom. The molecule has 0 aromatic heterocycles. The van der Waals surface area contributed by atoms with Gasteiger partial charge in [0.25, 0.3) is 0 Å². The lowest BCUT2D eigenvalue weighted by Gasteiger charge is -2.07. The van der Waals surface area contributed by atoms with Crippen molar-refractivity contribution in [2.75, 3.05) is 0 Å². The van der Waals surface area contributed by atoms with Gasteiger partial charge in [0, 0.05) is 5.57 Å². The number of hydrogen-bond donors (Lipinski definition) is 0. The average molecular weight is 316 g/mol. The molecule has 0 aliphatic heterocycles. The Hall–Kier alpha value is -2.40. The predicted octanol–water partition coefficient (Wildman–Crippen LogP) is 3.14. The predicted molar refractivity (Wildman–Crippen MR) is 82.9 cm³/mol. The maximum absolute atomic E-state index is 12.4. The van der Waals surface area contributed by atoms with E-state index in [-0.39, 0.29) is 16.4 Å². The average Bonchev–Trinajstić information content (AvgIpc) is 2.53. The van der Waals surface area contributed by atoms with Gasteiger partial charge in [0.15, 0.2) is 0 Å². The Labute approximate surface area is 130 Å². The minimum absolute atomic E-state index is 0.0807. The van der Waals surface area contributed by atoms with Gasteiger partial charge < -0.3 is 4.74 Å². The highest BCUT2D eigenvalue weighted by Gasteiger charge is 2.16. The van der Waals surface area contributed by atoms with Crippen LogP contribution in [0.15, 0.2) is 76.5 Å². The van der Waals surface area contributed by atoms with Gasteiger partial charge in [0.1, 0.15) is 6.61 Å². The highest BCUT2D eigenvalue weighted by Crippen LogP contribution is 2.21. The van der Waals surface area contributed by atoms with Crippen molar-refractivity contribution in [3.8, 4) is 0 Å². The lowest BCUT2D eigenvalue weighted by molar-refractivity contribution is -0.140. The molecule has 22 heavy (non-hydrogen) atoms. The summed E-state index contributed by atoms with van der Waals surface area (Å²) in [6, 6.07) is 14.5. The van der Waals surface area contributed by atoms with Crippen LogP contribution in [0.5, 0.6) is 0 Å². The quantitative estimate of drug-likeness (QED) is 0.628. The van der Waals surface area contributed by atoms with E-state index in [9.17, 15) is 13.2 Å². The van der Waals surface area contributed by atoms with Crippen LogP contribution in [0.4, 0.5) is 0 Å². The minimum atomic E-state index is -3.52. The number of ether oxygens (including phenoxy) is 1. The zero-order valence-electron chi connectivity index (χ0n) is 12.2. The molecule has 0 saturated carbocycles. The lowest BCUT2D eigenvalue weighted by atomic mass is 10.2. The zero-order valence-corrected chi connectivity index (χ0v) is 13.0. The van der Waals surface area contributed by atoms with Crippen LogP contribution < -0.4 is 0 Å². The number of rotatable bonds is 5. The van der Waals surface area contributed by atoms with Crippen molar-refractivity contribution in [2.24, 2.45) is 0 Å². The highest BCUT2D eigenvalue weighted by molar-refractivity contribution is 7.91. The van der Waals surface area contributed by atoms with Crippen molar-refractivity contribution >= 4 is 15.8 Å². The van der Waals surface area contributed by atoms with Crippen LogP contribution in [0.25, 0.3) is 0 Å². The third-order valence-electron chi connectivity index (χ3n) is 3.01. The van der Waals surface area contributed by atoms with Crippen molar-refractivity contribution in [3.63, 3.8) is 0 Å². The molecule has 0 amide bonds. The van der Waals surface area contributed by atoms with Crippen LogP contribution in [0.3, 0.4) is 0 Å². The summed E-state index contributed by atoms with van der Waals surface area (Å²) in [5.74, 6) is -0.471. The van der Waals surface area contributed by atoms with E-state index in [0.29, 0.717) is 11.1 Å². The molecule has 2 aromatic carbocycles. The smallest absolute Gasteiger partial charge is 0.333 e. The molecule has 5 heteroatoms. The molecule has 0 spiro atoms. The lowest BCUT2D eigenvalue weighted by Crippen LogP contribution is -2.05. The molecule has 0 aliphatic rings. The molecule has 0 fully saturated rings. The molecule has 0 atom stereocenters. The van der Waals surface area contributed by atoms with E-state index < -0.39 is 15.8 Å². The summed E-state index contributed by atoms with van der Waals surface area (Å²) in [4.78, 5) is 11.8. The molecule has 2 aromatic rings. The molecule has 0 bridgehead atoms. The van der Waals surface area contributed by atoms with Gasteiger partial charge in [-0.15, -0.1) is 0 Å². The van der Waals surface area contributed by atoms with Crippen LogP contribution in [0.2, 0.25) is 0 Å². The van der Waals surface area contributed by atoms with Gasteiger partial charge in [-0.25, -0.2) is 13.2 Å². The fourth-order valence-corrected chi connectivity index (χ4v) is 3.05. The van der Waals surface area contributed by atoms with Crippen molar-refractivity contribution in [2.45, 2.75) is 23.3 Å². The molecule has 0 heterocycles. The molecule has 0 N–H and O–H groups in total. The maximum Gasteiger partial charge on any atom is 0.333 e. The molecule has 0 saturated heterocycles. The molecule has 2 rings (SSSR count). The summed E-state index contributed by atoms with van der Waals surface area (Å²) in [6.45, 7) is 5.14. The molecular weight excluding hydrogens is 300 g/mol. The van der Waals surface area contributed by atoms with Crippen molar-refractivity contribution in [3.05, 3.63) is 72.3 Å². The number of carbonyl (C=O) groups is 1. The van der Waals surface area contributed by atoms with E-state index in [0.717, 1.165) is 0 Å². The molecule has 0 radical (unpaired) electrons. The topological polar surface area (TPSA) is 60.4 Å². The summed E-state index contributed by atoms with van der Waals surface area (Å²) in [5.41, 5.74) is 1.03. The van der Waals surface area contributed by atoms with Crippen LogP contribution in [-0.4, -0.2) is 14.4 Å². The Balaban J connectivity index is 2.15. The van der Waals surface area contributed by atoms with Gasteiger partial charge >= 0.3 is 5.97 Å². The summed E-state index contributed by atoms with van der Waals surface area (Å²) in [6.07, 6.45) is 0. The van der Waals surface area contributed by atoms with Crippen molar-refractivity contribution in [1.82, 2.24) is 0 Å². The number of sulfone groups is 1. The molecule has 0 unspecified atom stereocenters. The fourth-order valence-electron chi connectivity index (χ4n) is 1.77. The van der Waals surface area contributed by atoms with Gasteiger partial charge in [-0.1, -0.05) is 36.9 Å². The fraction of sp³-hybridized carbons (Fsp3) is 0.118. The summed E-state index contributed by atoms with van der Waals surface area (Å²) in [5, 5.41) is 0. The van der Waals surface area contributed by atoms with E-state index in [2.05, 4.69) is 6.58 Å². The molecule has 114 valence electrons. The number of benzene rings is 2. The van der Waals surface area contributed by atoms with E-state index in [4.69, 9.17) is 4.74 Å². The van der Waals surface area contributed by atoms with Gasteiger partial charge in [-0.05, 0) is 36.8 Å². The third kappa shape index (κ3) is 3.62. The second kappa shape index (κ2) is 6.58. The first-order chi connectivity index (χ1) is 10.4. The SMILES string of the molecule is C=C(C)C(=O)OCc1ccc(S(=O)(=O)c2ccccc2)cc1. The number of hydrogen-bond acceptors (Lipinski definition) is 4. The maximum atomic E-state index is 12.4. The summed E-state index contributed by atoms with van der Waals surface area (Å²) >= 11 is 0. The van der Waals surface area contributed by atoms with Gasteiger partial charge in [-0.2, -0.15) is 0 Å². The normalized spacial score (nSPS) is 11.0. The number of esters is 1. The molecule has 4 nitrogen and oxygen atoms in total. The standard InChI is InChI=1S/C17H16O4S/c1-13(2)17(18)21-12-14-8-10-16(11-9-14)22(19,20)15-6-4-3-5-7-15/h3-11H,1,12H2,2H3. The highest BCUT2D eigenvalue weighted by atomic mass is 32.2. The van der Waals surface area contributed by atoms with Crippen molar-refractivity contribution < 1.29 is 17.9 Å². The van der Waals surface area contributed by atoms with Crippen LogP contribution in [0.1, 0.15) is 12.5 Å².